The van der Waals surface area contributed by atoms with E-state index >= 15 is 0 Å². The SMILES string of the molecule is COCCNC(=O)[C@@H](C)Nc1cc(=O)n(C)c2ccc([N+](=O)[O-])cc12. The first kappa shape index (κ1) is 18.4. The number of carbonyl (C=O) groups is 1. The Labute approximate surface area is 143 Å². The van der Waals surface area contributed by atoms with Crippen molar-refractivity contribution >= 4 is 28.2 Å². The molecule has 1 aromatic carbocycles. The Morgan fingerprint density at radius 2 is 2.12 bits per heavy atom. The molecule has 0 unspecified atom stereocenters. The molecule has 0 spiro atoms. The number of methoxy groups -OCH3 is 1. The third kappa shape index (κ3) is 4.13. The molecule has 0 aliphatic carbocycles. The van der Waals surface area contributed by atoms with E-state index in [1.807, 2.05) is 0 Å². The van der Waals surface area contributed by atoms with Gasteiger partial charge in [-0.1, -0.05) is 0 Å². The van der Waals surface area contributed by atoms with Crippen LogP contribution in [0, 0.1) is 10.1 Å². The zero-order chi connectivity index (χ0) is 18.6. The number of nitrogens with one attached hydrogen (secondary N) is 2. The maximum atomic E-state index is 12.1. The van der Waals surface area contributed by atoms with Crippen LogP contribution in [0.3, 0.4) is 0 Å². The van der Waals surface area contributed by atoms with Crippen molar-refractivity contribution in [1.29, 1.82) is 0 Å². The van der Waals surface area contributed by atoms with E-state index in [2.05, 4.69) is 10.6 Å². The largest absolute Gasteiger partial charge is 0.383 e. The maximum absolute atomic E-state index is 12.1. The fourth-order valence-electron chi connectivity index (χ4n) is 2.41. The van der Waals surface area contributed by atoms with Gasteiger partial charge in [-0.15, -0.1) is 0 Å². The van der Waals surface area contributed by atoms with Crippen LogP contribution >= 0.6 is 0 Å². The smallest absolute Gasteiger partial charge is 0.270 e. The summed E-state index contributed by atoms with van der Waals surface area (Å²) in [4.78, 5) is 34.7. The van der Waals surface area contributed by atoms with Crippen LogP contribution in [0.1, 0.15) is 6.92 Å². The molecule has 1 heterocycles. The minimum Gasteiger partial charge on any atom is -0.383 e. The van der Waals surface area contributed by atoms with Gasteiger partial charge in [0.2, 0.25) is 5.91 Å². The molecule has 0 saturated heterocycles. The third-order valence-corrected chi connectivity index (χ3v) is 3.81. The highest BCUT2D eigenvalue weighted by Crippen LogP contribution is 2.26. The van der Waals surface area contributed by atoms with Crippen molar-refractivity contribution in [1.82, 2.24) is 9.88 Å². The molecule has 1 aromatic heterocycles. The Kier molecular flexibility index (Phi) is 5.71. The van der Waals surface area contributed by atoms with E-state index in [4.69, 9.17) is 4.74 Å². The minimum atomic E-state index is -0.633. The van der Waals surface area contributed by atoms with Gasteiger partial charge in [0, 0.05) is 50.0 Å². The van der Waals surface area contributed by atoms with E-state index in [1.54, 1.807) is 14.0 Å². The molecule has 0 aliphatic heterocycles. The highest BCUT2D eigenvalue weighted by Gasteiger charge is 2.17. The number of fused-ring (bicyclic) bond motifs is 1. The van der Waals surface area contributed by atoms with Crippen LogP contribution in [-0.4, -0.2) is 41.7 Å². The number of non-ortho nitro benzene ring substituents is 1. The summed E-state index contributed by atoms with van der Waals surface area (Å²) in [7, 11) is 3.12. The number of hydrogen-bond donors (Lipinski definition) is 2. The monoisotopic (exact) mass is 348 g/mol. The van der Waals surface area contributed by atoms with Gasteiger partial charge in [-0.2, -0.15) is 0 Å². The van der Waals surface area contributed by atoms with E-state index in [-0.39, 0.29) is 17.2 Å². The van der Waals surface area contributed by atoms with E-state index in [9.17, 15) is 19.7 Å². The molecule has 1 atom stereocenters. The van der Waals surface area contributed by atoms with Gasteiger partial charge in [-0.25, -0.2) is 0 Å². The number of pyridine rings is 1. The fraction of sp³-hybridized carbons (Fsp3) is 0.375. The Morgan fingerprint density at radius 1 is 1.40 bits per heavy atom. The van der Waals surface area contributed by atoms with E-state index < -0.39 is 11.0 Å². The minimum absolute atomic E-state index is 0.0913. The predicted molar refractivity (Wildman–Crippen MR) is 93.8 cm³/mol. The highest BCUT2D eigenvalue weighted by molar-refractivity contribution is 5.95. The first-order chi connectivity index (χ1) is 11.8. The second-order valence-corrected chi connectivity index (χ2v) is 5.56. The van der Waals surface area contributed by atoms with Crippen molar-refractivity contribution in [2.45, 2.75) is 13.0 Å². The predicted octanol–water partition coefficient (Wildman–Crippen LogP) is 1.01. The lowest BCUT2D eigenvalue weighted by atomic mass is 10.1. The Bertz CT molecular complexity index is 861. The molecule has 25 heavy (non-hydrogen) atoms. The lowest BCUT2D eigenvalue weighted by Gasteiger charge is -2.17. The first-order valence-corrected chi connectivity index (χ1v) is 7.66. The second-order valence-electron chi connectivity index (χ2n) is 5.56. The fourth-order valence-corrected chi connectivity index (χ4v) is 2.41. The molecule has 134 valence electrons. The van der Waals surface area contributed by atoms with Crippen molar-refractivity contribution in [3.8, 4) is 0 Å². The summed E-state index contributed by atoms with van der Waals surface area (Å²) in [5.74, 6) is -0.267. The average Bonchev–Trinajstić information content (AvgIpc) is 2.58. The molecule has 0 bridgehead atoms. The van der Waals surface area contributed by atoms with Crippen LogP contribution in [0.2, 0.25) is 0 Å². The Morgan fingerprint density at radius 3 is 2.76 bits per heavy atom. The second kappa shape index (κ2) is 7.75. The zero-order valence-corrected chi connectivity index (χ0v) is 14.2. The number of aromatic nitrogens is 1. The van der Waals surface area contributed by atoms with Gasteiger partial charge < -0.3 is 19.9 Å². The van der Waals surface area contributed by atoms with E-state index in [0.29, 0.717) is 29.7 Å². The third-order valence-electron chi connectivity index (χ3n) is 3.81. The van der Waals surface area contributed by atoms with Crippen LogP contribution in [0.5, 0.6) is 0 Å². The number of amides is 1. The standard InChI is InChI=1S/C16H20N4O5/c1-10(16(22)17-6-7-25-3)18-13-9-15(21)19(2)14-5-4-11(20(23)24)8-12(13)14/h4-5,8-10,18H,6-7H2,1-3H3,(H,17,22)/t10-/m1/s1. The van der Waals surface area contributed by atoms with Gasteiger partial charge in [-0.3, -0.25) is 19.7 Å². The maximum Gasteiger partial charge on any atom is 0.270 e. The average molecular weight is 348 g/mol. The number of hydrogen-bond acceptors (Lipinski definition) is 6. The summed E-state index contributed by atoms with van der Waals surface area (Å²) in [5, 5.41) is 17.2. The van der Waals surface area contributed by atoms with Crippen molar-refractivity contribution in [3.63, 3.8) is 0 Å². The number of nitrogens with zero attached hydrogens (tertiary/aromatic N) is 2. The molecular weight excluding hydrogens is 328 g/mol. The normalized spacial score (nSPS) is 12.0. The van der Waals surface area contributed by atoms with Gasteiger partial charge in [-0.05, 0) is 13.0 Å². The molecule has 2 rings (SSSR count). The lowest BCUT2D eigenvalue weighted by Crippen LogP contribution is -2.39. The van der Waals surface area contributed by atoms with Crippen molar-refractivity contribution < 1.29 is 14.5 Å². The summed E-state index contributed by atoms with van der Waals surface area (Å²) in [6, 6.07) is 4.93. The number of nitro benzene ring substituents is 1. The van der Waals surface area contributed by atoms with Gasteiger partial charge >= 0.3 is 0 Å². The van der Waals surface area contributed by atoms with Gasteiger partial charge in [0.1, 0.15) is 6.04 Å². The van der Waals surface area contributed by atoms with Crippen LogP contribution in [-0.2, 0) is 16.6 Å². The van der Waals surface area contributed by atoms with Crippen LogP contribution in [0.25, 0.3) is 10.9 Å². The first-order valence-electron chi connectivity index (χ1n) is 7.66. The molecular formula is C16H20N4O5. The van der Waals surface area contributed by atoms with Crippen molar-refractivity contribution in [2.24, 2.45) is 7.05 Å². The molecule has 1 amide bonds. The summed E-state index contributed by atoms with van der Waals surface area (Å²) < 4.78 is 6.27. The number of aryl methyl sites for hydroxylation is 1. The van der Waals surface area contributed by atoms with Gasteiger partial charge in [0.05, 0.1) is 17.0 Å². The van der Waals surface area contributed by atoms with Crippen LogP contribution < -0.4 is 16.2 Å². The topological polar surface area (TPSA) is 116 Å². The summed E-state index contributed by atoms with van der Waals surface area (Å²) in [5.41, 5.74) is 0.533. The highest BCUT2D eigenvalue weighted by atomic mass is 16.6. The number of carbonyl (C=O) groups excluding carboxylic acids is 1. The molecule has 0 saturated carbocycles. The quantitative estimate of drug-likeness (QED) is 0.438. The summed E-state index contributed by atoms with van der Waals surface area (Å²) >= 11 is 0. The van der Waals surface area contributed by atoms with Crippen molar-refractivity contribution in [3.05, 3.63) is 44.7 Å². The molecule has 0 radical (unpaired) electrons. The molecule has 2 N–H and O–H groups in total. The Hall–Kier alpha value is -2.94. The summed E-state index contributed by atoms with van der Waals surface area (Å²) in [6.07, 6.45) is 0. The van der Waals surface area contributed by atoms with Gasteiger partial charge in [0.15, 0.2) is 0 Å². The molecule has 9 nitrogen and oxygen atoms in total. The number of benzene rings is 1. The van der Waals surface area contributed by atoms with Gasteiger partial charge in [0.25, 0.3) is 11.2 Å². The van der Waals surface area contributed by atoms with Crippen LogP contribution in [0.15, 0.2) is 29.1 Å². The zero-order valence-electron chi connectivity index (χ0n) is 14.2. The number of nitro groups is 1. The number of ether oxygens (including phenoxy) is 1. The molecule has 0 fully saturated rings. The summed E-state index contributed by atoms with van der Waals surface area (Å²) in [6.45, 7) is 2.40. The number of anilines is 1. The van der Waals surface area contributed by atoms with E-state index in [0.717, 1.165) is 0 Å². The lowest BCUT2D eigenvalue weighted by molar-refractivity contribution is -0.384. The van der Waals surface area contributed by atoms with Crippen LogP contribution in [0.4, 0.5) is 11.4 Å². The molecule has 0 aliphatic rings. The van der Waals surface area contributed by atoms with E-state index in [1.165, 1.54) is 35.9 Å². The van der Waals surface area contributed by atoms with Crippen molar-refractivity contribution in [2.75, 3.05) is 25.6 Å². The Balaban J connectivity index is 2.37. The number of rotatable bonds is 7. The molecule has 9 heteroatoms. The molecule has 2 aromatic rings.